The number of nitrogens with zero attached hydrogens (tertiary/aromatic N) is 5. The van der Waals surface area contributed by atoms with Gasteiger partial charge in [0, 0.05) is 18.8 Å². The number of carbonyl (C=O) groups excluding carboxylic acids is 1. The quantitative estimate of drug-likeness (QED) is 0.727. The normalized spacial score (nSPS) is 20.9. The topological polar surface area (TPSA) is 83.6 Å². The van der Waals surface area contributed by atoms with Crippen LogP contribution in [0.1, 0.15) is 32.1 Å². The van der Waals surface area contributed by atoms with Crippen molar-refractivity contribution in [1.82, 2.24) is 14.5 Å². The van der Waals surface area contributed by atoms with Crippen LogP contribution in [0.2, 0.25) is 0 Å². The number of ether oxygens (including phenoxy) is 1. The predicted octanol–water partition coefficient (Wildman–Crippen LogP) is 3.02. The number of rotatable bonds is 6. The van der Waals surface area contributed by atoms with E-state index in [9.17, 15) is 4.79 Å². The maximum Gasteiger partial charge on any atom is 0.187 e. The Balaban J connectivity index is 1.37. The highest BCUT2D eigenvalue weighted by molar-refractivity contribution is 6.51. The first-order valence-electron chi connectivity index (χ1n) is 11.2. The van der Waals surface area contributed by atoms with Crippen molar-refractivity contribution in [3.63, 3.8) is 0 Å². The molecule has 0 radical (unpaired) electrons. The molecule has 0 aromatic carbocycles. The number of fused-ring (bicyclic) bond motifs is 2. The minimum atomic E-state index is -0.0423. The lowest BCUT2D eigenvalue weighted by molar-refractivity contribution is -0.112. The highest BCUT2D eigenvalue weighted by Crippen LogP contribution is 2.31. The molecule has 2 aromatic heterocycles. The minimum absolute atomic E-state index is 0.0423. The van der Waals surface area contributed by atoms with Gasteiger partial charge in [0.2, 0.25) is 0 Å². The summed E-state index contributed by atoms with van der Waals surface area (Å²) in [4.78, 5) is 24.4. The maximum atomic E-state index is 12.7. The Kier molecular flexibility index (Phi) is 5.80. The minimum Gasteiger partial charge on any atom is -0.490 e. The molecule has 0 atom stereocenters. The van der Waals surface area contributed by atoms with Crippen LogP contribution in [0, 0.1) is 0 Å². The van der Waals surface area contributed by atoms with E-state index in [1.54, 1.807) is 10.6 Å². The zero-order valence-corrected chi connectivity index (χ0v) is 17.7. The molecule has 4 heterocycles. The van der Waals surface area contributed by atoms with Crippen LogP contribution >= 0.6 is 0 Å². The Hall–Kier alpha value is -3.00. The molecule has 5 rings (SSSR count). The zero-order valence-electron chi connectivity index (χ0n) is 17.7. The molecule has 0 amide bonds. The van der Waals surface area contributed by atoms with Crippen molar-refractivity contribution in [2.45, 2.75) is 32.1 Å². The average Bonchev–Trinajstić information content (AvgIpc) is 3.15. The molecule has 1 N–H and O–H groups in total. The molecule has 8 nitrogen and oxygen atoms in total. The molecule has 0 saturated carbocycles. The van der Waals surface area contributed by atoms with Crippen molar-refractivity contribution in [2.24, 2.45) is 9.98 Å². The summed E-state index contributed by atoms with van der Waals surface area (Å²) in [6.07, 6.45) is 8.86. The van der Waals surface area contributed by atoms with Gasteiger partial charge in [-0.05, 0) is 51.0 Å². The third kappa shape index (κ3) is 4.39. The second-order valence-corrected chi connectivity index (χ2v) is 8.19. The largest absolute Gasteiger partial charge is 0.490 e. The van der Waals surface area contributed by atoms with Crippen LogP contribution in [-0.2, 0) is 9.53 Å². The number of ketones is 1. The lowest BCUT2D eigenvalue weighted by Gasteiger charge is -2.26. The standard InChI is InChI=1S/C23H28N6O2/c30-20-15-18-21(31-14-9-24-18)16-17(20)26-22-19-7-2-5-13-29(19)27-23(22)25-8-6-12-28-10-3-1-4-11-28/h2,5,7,13,16H,1,3-4,6,8-12,14-15H2,(H,25,27). The number of nitrogens with one attached hydrogen (secondary N) is 1. The van der Waals surface area contributed by atoms with E-state index in [0.29, 0.717) is 36.1 Å². The van der Waals surface area contributed by atoms with Crippen LogP contribution in [0.15, 0.2) is 46.2 Å². The van der Waals surface area contributed by atoms with Crippen molar-refractivity contribution >= 4 is 34.2 Å². The van der Waals surface area contributed by atoms with Gasteiger partial charge in [-0.3, -0.25) is 9.79 Å². The zero-order chi connectivity index (χ0) is 21.0. The van der Waals surface area contributed by atoms with Crippen molar-refractivity contribution in [1.29, 1.82) is 0 Å². The summed E-state index contributed by atoms with van der Waals surface area (Å²) in [6.45, 7) is 5.46. The molecule has 8 heteroatoms. The Morgan fingerprint density at radius 1 is 1.19 bits per heavy atom. The molecule has 0 spiro atoms. The van der Waals surface area contributed by atoms with Gasteiger partial charge in [-0.2, -0.15) is 0 Å². The molecule has 2 aromatic rings. The second kappa shape index (κ2) is 9.01. The Labute approximate surface area is 181 Å². The van der Waals surface area contributed by atoms with Crippen molar-refractivity contribution < 1.29 is 9.53 Å². The SMILES string of the molecule is O=C1CC2=NCCOC2=CC1=Nc1c(NCCCN2CCCCC2)nn2ccccc12. The molecule has 0 unspecified atom stereocenters. The summed E-state index contributed by atoms with van der Waals surface area (Å²) in [5.41, 5.74) is 2.68. The molecule has 31 heavy (non-hydrogen) atoms. The van der Waals surface area contributed by atoms with E-state index in [2.05, 4.69) is 20.3 Å². The van der Waals surface area contributed by atoms with Gasteiger partial charge in [-0.15, -0.1) is 5.10 Å². The number of aliphatic imine (C=N–C) groups is 2. The van der Waals surface area contributed by atoms with E-state index in [0.717, 1.165) is 30.7 Å². The fraction of sp³-hybridized carbons (Fsp3) is 0.478. The summed E-state index contributed by atoms with van der Waals surface area (Å²) < 4.78 is 7.49. The van der Waals surface area contributed by atoms with E-state index < -0.39 is 0 Å². The second-order valence-electron chi connectivity index (χ2n) is 8.19. The summed E-state index contributed by atoms with van der Waals surface area (Å²) in [5, 5.41) is 8.12. The number of piperidine rings is 1. The molecule has 1 saturated heterocycles. The highest BCUT2D eigenvalue weighted by atomic mass is 16.5. The van der Waals surface area contributed by atoms with Crippen molar-refractivity contribution in [3.8, 4) is 0 Å². The first-order chi connectivity index (χ1) is 15.3. The number of Topliss-reactive ketones (excluding diaryl/α,β-unsaturated/α-hetero) is 1. The number of aromatic nitrogens is 2. The van der Waals surface area contributed by atoms with Gasteiger partial charge in [-0.1, -0.05) is 12.5 Å². The molecule has 3 aliphatic rings. The fourth-order valence-corrected chi connectivity index (χ4v) is 4.34. The number of carbonyl (C=O) groups is 1. The number of allylic oxidation sites excluding steroid dienone is 2. The van der Waals surface area contributed by atoms with Crippen LogP contribution in [0.4, 0.5) is 11.5 Å². The van der Waals surface area contributed by atoms with E-state index in [4.69, 9.17) is 9.73 Å². The Morgan fingerprint density at radius 2 is 2.10 bits per heavy atom. The first kappa shape index (κ1) is 19.9. The van der Waals surface area contributed by atoms with Gasteiger partial charge in [0.25, 0.3) is 0 Å². The lowest BCUT2D eigenvalue weighted by atomic mass is 10.00. The molecule has 1 fully saturated rings. The highest BCUT2D eigenvalue weighted by Gasteiger charge is 2.27. The number of pyridine rings is 1. The van der Waals surface area contributed by atoms with Gasteiger partial charge in [0.1, 0.15) is 23.8 Å². The van der Waals surface area contributed by atoms with Gasteiger partial charge in [0.05, 0.1) is 24.2 Å². The van der Waals surface area contributed by atoms with Crippen LogP contribution in [0.3, 0.4) is 0 Å². The molecule has 2 aliphatic heterocycles. The monoisotopic (exact) mass is 420 g/mol. The number of anilines is 1. The van der Waals surface area contributed by atoms with Gasteiger partial charge in [0.15, 0.2) is 11.6 Å². The molecule has 1 aliphatic carbocycles. The van der Waals surface area contributed by atoms with Crippen LogP contribution in [0.25, 0.3) is 5.52 Å². The summed E-state index contributed by atoms with van der Waals surface area (Å²) in [7, 11) is 0. The van der Waals surface area contributed by atoms with Gasteiger partial charge < -0.3 is 15.0 Å². The number of hydrogen-bond donors (Lipinski definition) is 1. The third-order valence-electron chi connectivity index (χ3n) is 5.96. The van der Waals surface area contributed by atoms with E-state index in [1.807, 2.05) is 24.4 Å². The third-order valence-corrected chi connectivity index (χ3v) is 5.96. The molecular weight excluding hydrogens is 392 g/mol. The van der Waals surface area contributed by atoms with Crippen LogP contribution in [0.5, 0.6) is 0 Å². The van der Waals surface area contributed by atoms with E-state index >= 15 is 0 Å². The van der Waals surface area contributed by atoms with Gasteiger partial charge in [-0.25, -0.2) is 9.51 Å². The van der Waals surface area contributed by atoms with E-state index in [-0.39, 0.29) is 12.2 Å². The summed E-state index contributed by atoms with van der Waals surface area (Å²) in [6, 6.07) is 5.86. The fourth-order valence-electron chi connectivity index (χ4n) is 4.34. The smallest absolute Gasteiger partial charge is 0.187 e. The van der Waals surface area contributed by atoms with E-state index in [1.165, 1.54) is 32.4 Å². The van der Waals surface area contributed by atoms with Crippen LogP contribution in [-0.4, -0.2) is 71.1 Å². The predicted molar refractivity (Wildman–Crippen MR) is 122 cm³/mol. The molecule has 162 valence electrons. The first-order valence-corrected chi connectivity index (χ1v) is 11.2. The Bertz CT molecular complexity index is 1060. The molecular formula is C23H28N6O2. The summed E-state index contributed by atoms with van der Waals surface area (Å²) in [5.74, 6) is 1.32. The van der Waals surface area contributed by atoms with Crippen molar-refractivity contribution in [2.75, 3.05) is 44.6 Å². The number of likely N-dealkylation sites (tertiary alicyclic amines) is 1. The van der Waals surface area contributed by atoms with Crippen LogP contribution < -0.4 is 5.32 Å². The van der Waals surface area contributed by atoms with Crippen molar-refractivity contribution in [3.05, 3.63) is 36.2 Å². The lowest BCUT2D eigenvalue weighted by Crippen LogP contribution is -2.31. The van der Waals surface area contributed by atoms with Gasteiger partial charge >= 0.3 is 0 Å². The summed E-state index contributed by atoms with van der Waals surface area (Å²) >= 11 is 0. The number of hydrogen-bond acceptors (Lipinski definition) is 7. The molecule has 0 bridgehead atoms. The maximum absolute atomic E-state index is 12.7. The average molecular weight is 421 g/mol. The Morgan fingerprint density at radius 3 is 3.00 bits per heavy atom.